The van der Waals surface area contributed by atoms with Crippen LogP contribution in [0.4, 0.5) is 14.5 Å². The standard InChI is InChI=1S/C13H7Br2F2N3/c14-5-1-6(12(18)7(15)2-5)13-19-10-3-8(16)9(17)4-11(10)20-13/h1-4H,18H2,(H,19,20). The number of nitrogen functional groups attached to an aromatic ring is 1. The van der Waals surface area contributed by atoms with Gasteiger partial charge in [0.2, 0.25) is 0 Å². The van der Waals surface area contributed by atoms with Gasteiger partial charge in [-0.1, -0.05) is 15.9 Å². The maximum Gasteiger partial charge on any atom is 0.161 e. The number of hydrogen-bond acceptors (Lipinski definition) is 2. The molecule has 0 aliphatic heterocycles. The van der Waals surface area contributed by atoms with E-state index in [4.69, 9.17) is 5.73 Å². The number of H-pyrrole nitrogens is 1. The maximum atomic E-state index is 13.2. The average molecular weight is 403 g/mol. The highest BCUT2D eigenvalue weighted by atomic mass is 79.9. The maximum absolute atomic E-state index is 13.2. The molecule has 3 nitrogen and oxygen atoms in total. The van der Waals surface area contributed by atoms with Gasteiger partial charge in [0.1, 0.15) is 5.82 Å². The van der Waals surface area contributed by atoms with Crippen LogP contribution in [0.25, 0.3) is 22.4 Å². The fourth-order valence-corrected chi connectivity index (χ4v) is 3.14. The molecule has 7 heteroatoms. The van der Waals surface area contributed by atoms with Crippen LogP contribution in [0, 0.1) is 11.6 Å². The lowest BCUT2D eigenvalue weighted by atomic mass is 10.2. The summed E-state index contributed by atoms with van der Waals surface area (Å²) in [5.41, 5.74) is 7.88. The molecule has 0 aliphatic carbocycles. The molecule has 0 saturated heterocycles. The van der Waals surface area contributed by atoms with E-state index in [1.54, 1.807) is 12.1 Å². The minimum Gasteiger partial charge on any atom is -0.397 e. The van der Waals surface area contributed by atoms with Gasteiger partial charge < -0.3 is 10.7 Å². The number of halogens is 4. The van der Waals surface area contributed by atoms with Crippen molar-refractivity contribution in [2.75, 3.05) is 5.73 Å². The number of rotatable bonds is 1. The number of nitrogens with one attached hydrogen (secondary N) is 1. The van der Waals surface area contributed by atoms with Gasteiger partial charge in [-0.15, -0.1) is 0 Å². The molecular weight excluding hydrogens is 396 g/mol. The molecule has 3 rings (SSSR count). The van der Waals surface area contributed by atoms with Crippen LogP contribution >= 0.6 is 31.9 Å². The molecule has 0 spiro atoms. The minimum absolute atomic E-state index is 0.342. The zero-order chi connectivity index (χ0) is 14.4. The molecule has 0 atom stereocenters. The number of aromatic amines is 1. The van der Waals surface area contributed by atoms with E-state index in [1.165, 1.54) is 0 Å². The van der Waals surface area contributed by atoms with Crippen LogP contribution in [0.2, 0.25) is 0 Å². The second kappa shape index (κ2) is 4.82. The van der Waals surface area contributed by atoms with Crippen LogP contribution in [0.5, 0.6) is 0 Å². The monoisotopic (exact) mass is 401 g/mol. The minimum atomic E-state index is -0.932. The van der Waals surface area contributed by atoms with E-state index < -0.39 is 11.6 Å². The predicted molar refractivity (Wildman–Crippen MR) is 81.3 cm³/mol. The molecule has 0 saturated carbocycles. The fraction of sp³-hybridized carbons (Fsp3) is 0. The molecule has 0 unspecified atom stereocenters. The zero-order valence-electron chi connectivity index (χ0n) is 9.85. The molecule has 0 bridgehead atoms. The Morgan fingerprint density at radius 2 is 1.75 bits per heavy atom. The van der Waals surface area contributed by atoms with Gasteiger partial charge in [0.05, 0.1) is 16.7 Å². The molecule has 0 fully saturated rings. The molecule has 20 heavy (non-hydrogen) atoms. The second-order valence-electron chi connectivity index (χ2n) is 4.22. The quantitative estimate of drug-likeness (QED) is 0.583. The van der Waals surface area contributed by atoms with E-state index >= 15 is 0 Å². The Morgan fingerprint density at radius 1 is 1.05 bits per heavy atom. The zero-order valence-corrected chi connectivity index (χ0v) is 13.0. The van der Waals surface area contributed by atoms with E-state index in [2.05, 4.69) is 41.8 Å². The van der Waals surface area contributed by atoms with Gasteiger partial charge in [-0.25, -0.2) is 13.8 Å². The van der Waals surface area contributed by atoms with Gasteiger partial charge in [0.25, 0.3) is 0 Å². The summed E-state index contributed by atoms with van der Waals surface area (Å²) >= 11 is 6.71. The van der Waals surface area contributed by atoms with Crippen molar-refractivity contribution in [3.63, 3.8) is 0 Å². The van der Waals surface area contributed by atoms with Gasteiger partial charge in [-0.2, -0.15) is 0 Å². The third kappa shape index (κ3) is 2.20. The number of fused-ring (bicyclic) bond motifs is 1. The summed E-state index contributed by atoms with van der Waals surface area (Å²) in [5.74, 6) is -1.40. The Morgan fingerprint density at radius 3 is 2.50 bits per heavy atom. The summed E-state index contributed by atoms with van der Waals surface area (Å²) in [5, 5.41) is 0. The van der Waals surface area contributed by atoms with Crippen LogP contribution < -0.4 is 5.73 Å². The highest BCUT2D eigenvalue weighted by Crippen LogP contribution is 2.34. The van der Waals surface area contributed by atoms with Crippen molar-refractivity contribution < 1.29 is 8.78 Å². The van der Waals surface area contributed by atoms with Crippen molar-refractivity contribution in [2.24, 2.45) is 0 Å². The third-order valence-corrected chi connectivity index (χ3v) is 3.99. The molecule has 1 heterocycles. The summed E-state index contributed by atoms with van der Waals surface area (Å²) in [6, 6.07) is 5.71. The smallest absolute Gasteiger partial charge is 0.161 e. The normalized spacial score (nSPS) is 11.2. The SMILES string of the molecule is Nc1c(Br)cc(Br)cc1-c1nc2cc(F)c(F)cc2[nH]1. The number of aromatic nitrogens is 2. The van der Waals surface area contributed by atoms with Crippen molar-refractivity contribution in [3.8, 4) is 11.4 Å². The summed E-state index contributed by atoms with van der Waals surface area (Å²) < 4.78 is 27.9. The number of nitrogens with two attached hydrogens (primary N) is 1. The van der Waals surface area contributed by atoms with Gasteiger partial charge >= 0.3 is 0 Å². The predicted octanol–water partition coefficient (Wildman–Crippen LogP) is 4.62. The van der Waals surface area contributed by atoms with E-state index in [1.807, 2.05) is 0 Å². The topological polar surface area (TPSA) is 54.7 Å². The molecule has 0 radical (unpaired) electrons. The summed E-state index contributed by atoms with van der Waals surface area (Å²) in [4.78, 5) is 7.18. The Labute approximate surface area is 129 Å². The van der Waals surface area contributed by atoms with Gasteiger partial charge in [0, 0.05) is 26.6 Å². The van der Waals surface area contributed by atoms with Crippen LogP contribution in [-0.4, -0.2) is 9.97 Å². The number of hydrogen-bond donors (Lipinski definition) is 2. The molecule has 102 valence electrons. The van der Waals surface area contributed by atoms with E-state index in [0.717, 1.165) is 16.6 Å². The van der Waals surface area contributed by atoms with Gasteiger partial charge in [0.15, 0.2) is 11.6 Å². The molecule has 2 aromatic carbocycles. The number of anilines is 1. The summed E-state index contributed by atoms with van der Waals surface area (Å²) in [6.07, 6.45) is 0. The highest BCUT2D eigenvalue weighted by molar-refractivity contribution is 9.11. The number of nitrogens with zero attached hydrogens (tertiary/aromatic N) is 1. The number of benzene rings is 2. The third-order valence-electron chi connectivity index (χ3n) is 2.87. The molecule has 0 aliphatic rings. The second-order valence-corrected chi connectivity index (χ2v) is 5.99. The van der Waals surface area contributed by atoms with Crippen LogP contribution in [0.15, 0.2) is 33.2 Å². The molecule has 0 amide bonds. The first kappa shape index (κ1) is 13.5. The van der Waals surface area contributed by atoms with Crippen LogP contribution in [0.3, 0.4) is 0 Å². The van der Waals surface area contributed by atoms with Crippen LogP contribution in [-0.2, 0) is 0 Å². The van der Waals surface area contributed by atoms with Crippen molar-refractivity contribution >= 4 is 48.6 Å². The summed E-state index contributed by atoms with van der Waals surface area (Å²) in [6.45, 7) is 0. The average Bonchev–Trinajstić information content (AvgIpc) is 2.77. The molecule has 1 aromatic heterocycles. The molecule has 3 aromatic rings. The summed E-state index contributed by atoms with van der Waals surface area (Å²) in [7, 11) is 0. The Bertz CT molecular complexity index is 791. The first-order chi connectivity index (χ1) is 9.45. The van der Waals surface area contributed by atoms with Crippen LogP contribution in [0.1, 0.15) is 0 Å². The van der Waals surface area contributed by atoms with Crippen molar-refractivity contribution in [2.45, 2.75) is 0 Å². The van der Waals surface area contributed by atoms with Crippen molar-refractivity contribution in [3.05, 3.63) is 44.8 Å². The van der Waals surface area contributed by atoms with Crippen molar-refractivity contribution in [1.82, 2.24) is 9.97 Å². The van der Waals surface area contributed by atoms with Gasteiger partial charge in [-0.05, 0) is 28.1 Å². The highest BCUT2D eigenvalue weighted by Gasteiger charge is 2.13. The first-order valence-electron chi connectivity index (χ1n) is 5.55. The Kier molecular flexibility index (Phi) is 3.25. The fourth-order valence-electron chi connectivity index (χ4n) is 1.91. The van der Waals surface area contributed by atoms with E-state index in [-0.39, 0.29) is 0 Å². The lowest BCUT2D eigenvalue weighted by Crippen LogP contribution is -1.93. The molecular formula is C13H7Br2F2N3. The van der Waals surface area contributed by atoms with Crippen molar-refractivity contribution in [1.29, 1.82) is 0 Å². The largest absolute Gasteiger partial charge is 0.397 e. The van der Waals surface area contributed by atoms with Gasteiger partial charge in [-0.3, -0.25) is 0 Å². The Balaban J connectivity index is 2.25. The molecule has 3 N–H and O–H groups in total. The lowest BCUT2D eigenvalue weighted by molar-refractivity contribution is 0.510. The van der Waals surface area contributed by atoms with E-state index in [0.29, 0.717) is 32.6 Å². The number of imidazole rings is 1. The van der Waals surface area contributed by atoms with E-state index in [9.17, 15) is 8.78 Å². The first-order valence-corrected chi connectivity index (χ1v) is 7.14. The Hall–Kier alpha value is -1.47. The lowest BCUT2D eigenvalue weighted by Gasteiger charge is -2.05.